The maximum Gasteiger partial charge on any atom is 0.271 e. The van der Waals surface area contributed by atoms with Crippen LogP contribution in [-0.4, -0.2) is 17.9 Å². The van der Waals surface area contributed by atoms with Gasteiger partial charge in [0, 0.05) is 12.1 Å². The smallest absolute Gasteiger partial charge is 0.271 e. The van der Waals surface area contributed by atoms with E-state index in [1.165, 1.54) is 25.3 Å². The molecule has 0 unspecified atom stereocenters. The zero-order chi connectivity index (χ0) is 18.4. The average molecular weight is 358 g/mol. The number of nitriles is 1. The molecule has 2 aromatic carbocycles. The first-order valence-electron chi connectivity index (χ1n) is 6.95. The summed E-state index contributed by atoms with van der Waals surface area (Å²) in [5.74, 6) is -0.0214. The van der Waals surface area contributed by atoms with Crippen LogP contribution in [0.5, 0.6) is 5.75 Å². The molecule has 2 aromatic rings. The Morgan fingerprint density at radius 1 is 1.32 bits per heavy atom. The SMILES string of the molecule is COc1ccc(C=C(C#N)C(=O)Nc2ccc([N+](=O)[O-])cc2Cl)cc1. The van der Waals surface area contributed by atoms with Crippen LogP contribution >= 0.6 is 11.6 Å². The van der Waals surface area contributed by atoms with Crippen molar-refractivity contribution in [1.82, 2.24) is 0 Å². The van der Waals surface area contributed by atoms with Gasteiger partial charge in [-0.3, -0.25) is 14.9 Å². The highest BCUT2D eigenvalue weighted by Crippen LogP contribution is 2.27. The molecule has 0 radical (unpaired) electrons. The Morgan fingerprint density at radius 3 is 2.52 bits per heavy atom. The topological polar surface area (TPSA) is 105 Å². The van der Waals surface area contributed by atoms with E-state index in [0.29, 0.717) is 11.3 Å². The number of benzene rings is 2. The molecule has 0 saturated carbocycles. The van der Waals surface area contributed by atoms with Crippen molar-refractivity contribution in [1.29, 1.82) is 5.26 Å². The monoisotopic (exact) mass is 357 g/mol. The van der Waals surface area contributed by atoms with Crippen molar-refractivity contribution in [3.05, 3.63) is 68.7 Å². The number of rotatable bonds is 5. The highest BCUT2D eigenvalue weighted by Gasteiger charge is 2.14. The minimum atomic E-state index is -0.672. The van der Waals surface area contributed by atoms with Gasteiger partial charge in [-0.15, -0.1) is 0 Å². The zero-order valence-corrected chi connectivity index (χ0v) is 13.8. The summed E-state index contributed by atoms with van der Waals surface area (Å²) in [5.41, 5.74) is 0.479. The van der Waals surface area contributed by atoms with Gasteiger partial charge in [-0.1, -0.05) is 23.7 Å². The van der Waals surface area contributed by atoms with E-state index in [2.05, 4.69) is 5.32 Å². The van der Waals surface area contributed by atoms with Gasteiger partial charge in [0.2, 0.25) is 0 Å². The molecule has 0 bridgehead atoms. The van der Waals surface area contributed by atoms with Crippen LogP contribution in [0.1, 0.15) is 5.56 Å². The summed E-state index contributed by atoms with van der Waals surface area (Å²) in [6.45, 7) is 0. The fourth-order valence-electron chi connectivity index (χ4n) is 1.92. The van der Waals surface area contributed by atoms with Gasteiger partial charge in [0.1, 0.15) is 17.4 Å². The predicted molar refractivity (Wildman–Crippen MR) is 93.3 cm³/mol. The molecule has 0 aliphatic heterocycles. The highest BCUT2D eigenvalue weighted by molar-refractivity contribution is 6.34. The number of hydrogen-bond acceptors (Lipinski definition) is 5. The number of amides is 1. The molecular weight excluding hydrogens is 346 g/mol. The number of nitrogens with zero attached hydrogens (tertiary/aromatic N) is 2. The Bertz CT molecular complexity index is 886. The van der Waals surface area contributed by atoms with Gasteiger partial charge in [-0.25, -0.2) is 0 Å². The normalized spacial score (nSPS) is 10.7. The third-order valence-electron chi connectivity index (χ3n) is 3.20. The minimum absolute atomic E-state index is 0.00397. The summed E-state index contributed by atoms with van der Waals surface area (Å²) < 4.78 is 5.04. The van der Waals surface area contributed by atoms with Crippen LogP contribution in [0.4, 0.5) is 11.4 Å². The van der Waals surface area contributed by atoms with Gasteiger partial charge in [-0.2, -0.15) is 5.26 Å². The number of hydrogen-bond donors (Lipinski definition) is 1. The zero-order valence-electron chi connectivity index (χ0n) is 13.0. The van der Waals surface area contributed by atoms with Gasteiger partial charge in [0.15, 0.2) is 0 Å². The van der Waals surface area contributed by atoms with Crippen LogP contribution in [-0.2, 0) is 4.79 Å². The van der Waals surface area contributed by atoms with Crippen molar-refractivity contribution in [3.63, 3.8) is 0 Å². The molecule has 0 aliphatic rings. The van der Waals surface area contributed by atoms with Crippen LogP contribution < -0.4 is 10.1 Å². The number of nitrogens with one attached hydrogen (secondary N) is 1. The number of halogens is 1. The number of anilines is 1. The first-order chi connectivity index (χ1) is 11.9. The Hall–Kier alpha value is -3.37. The van der Waals surface area contributed by atoms with E-state index in [1.807, 2.05) is 6.07 Å². The summed E-state index contributed by atoms with van der Waals surface area (Å²) in [4.78, 5) is 22.3. The number of carbonyl (C=O) groups excluding carboxylic acids is 1. The van der Waals surface area contributed by atoms with Crippen molar-refractivity contribution in [3.8, 4) is 11.8 Å². The van der Waals surface area contributed by atoms with Crippen LogP contribution in [0.15, 0.2) is 48.0 Å². The molecule has 1 amide bonds. The summed E-state index contributed by atoms with van der Waals surface area (Å²) in [5, 5.41) is 22.4. The lowest BCUT2D eigenvalue weighted by Crippen LogP contribution is -2.13. The van der Waals surface area contributed by atoms with Gasteiger partial charge in [0.25, 0.3) is 11.6 Å². The lowest BCUT2D eigenvalue weighted by atomic mass is 10.1. The van der Waals surface area contributed by atoms with E-state index in [1.54, 1.807) is 24.3 Å². The molecule has 0 fully saturated rings. The summed E-state index contributed by atoms with van der Waals surface area (Å²) in [7, 11) is 1.53. The van der Waals surface area contributed by atoms with E-state index in [4.69, 9.17) is 16.3 Å². The largest absolute Gasteiger partial charge is 0.497 e. The van der Waals surface area contributed by atoms with Crippen molar-refractivity contribution in [2.24, 2.45) is 0 Å². The molecule has 25 heavy (non-hydrogen) atoms. The molecule has 2 rings (SSSR count). The maximum absolute atomic E-state index is 12.2. The van der Waals surface area contributed by atoms with E-state index in [0.717, 1.165) is 6.07 Å². The highest BCUT2D eigenvalue weighted by atomic mass is 35.5. The molecule has 8 heteroatoms. The Morgan fingerprint density at radius 2 is 2.00 bits per heavy atom. The number of carbonyl (C=O) groups is 1. The van der Waals surface area contributed by atoms with Crippen molar-refractivity contribution < 1.29 is 14.5 Å². The molecule has 126 valence electrons. The number of non-ortho nitro benzene ring substituents is 1. The number of methoxy groups -OCH3 is 1. The van der Waals surface area contributed by atoms with Gasteiger partial charge < -0.3 is 10.1 Å². The van der Waals surface area contributed by atoms with Gasteiger partial charge >= 0.3 is 0 Å². The molecule has 0 spiro atoms. The van der Waals surface area contributed by atoms with E-state index in [-0.39, 0.29) is 22.0 Å². The van der Waals surface area contributed by atoms with E-state index < -0.39 is 10.8 Å². The molecule has 0 aliphatic carbocycles. The van der Waals surface area contributed by atoms with Crippen molar-refractivity contribution in [2.75, 3.05) is 12.4 Å². The quantitative estimate of drug-likeness (QED) is 0.379. The second-order valence-corrected chi connectivity index (χ2v) is 5.23. The molecule has 0 heterocycles. The van der Waals surface area contributed by atoms with Crippen LogP contribution in [0.25, 0.3) is 6.08 Å². The van der Waals surface area contributed by atoms with Crippen LogP contribution in [0.2, 0.25) is 5.02 Å². The first kappa shape index (κ1) is 18.0. The van der Waals surface area contributed by atoms with Crippen molar-refractivity contribution >= 4 is 35.0 Å². The third-order valence-corrected chi connectivity index (χ3v) is 3.52. The summed E-state index contributed by atoms with van der Waals surface area (Å²) in [6, 6.07) is 12.2. The Labute approximate surface area is 148 Å². The lowest BCUT2D eigenvalue weighted by Gasteiger charge is -2.06. The average Bonchev–Trinajstić information content (AvgIpc) is 2.61. The number of nitro benzene ring substituents is 1. The fourth-order valence-corrected chi connectivity index (χ4v) is 2.15. The molecule has 0 aromatic heterocycles. The lowest BCUT2D eigenvalue weighted by molar-refractivity contribution is -0.384. The minimum Gasteiger partial charge on any atom is -0.497 e. The first-order valence-corrected chi connectivity index (χ1v) is 7.33. The second-order valence-electron chi connectivity index (χ2n) is 4.82. The van der Waals surface area contributed by atoms with Gasteiger partial charge in [0.05, 0.1) is 22.7 Å². The Kier molecular flexibility index (Phi) is 5.71. The van der Waals surface area contributed by atoms with Gasteiger partial charge in [-0.05, 0) is 29.8 Å². The number of nitro groups is 1. The maximum atomic E-state index is 12.2. The summed E-state index contributed by atoms with van der Waals surface area (Å²) in [6.07, 6.45) is 1.41. The predicted octanol–water partition coefficient (Wildman–Crippen LogP) is 3.80. The van der Waals surface area contributed by atoms with E-state index in [9.17, 15) is 20.2 Å². The third kappa shape index (κ3) is 4.56. The Balaban J connectivity index is 2.21. The van der Waals surface area contributed by atoms with Crippen LogP contribution in [0.3, 0.4) is 0 Å². The molecular formula is C17H12ClN3O4. The molecule has 0 atom stereocenters. The fraction of sp³-hybridized carbons (Fsp3) is 0.0588. The second kappa shape index (κ2) is 7.95. The molecule has 1 N–H and O–H groups in total. The molecule has 0 saturated heterocycles. The van der Waals surface area contributed by atoms with Crippen LogP contribution in [0, 0.1) is 21.4 Å². The van der Waals surface area contributed by atoms with E-state index >= 15 is 0 Å². The number of ether oxygens (including phenoxy) is 1. The summed E-state index contributed by atoms with van der Waals surface area (Å²) >= 11 is 5.92. The standard InChI is InChI=1S/C17H12ClN3O4/c1-25-14-5-2-11(3-6-14)8-12(10-19)17(22)20-16-7-4-13(21(23)24)9-15(16)18/h2-9H,1H3,(H,20,22). The van der Waals surface area contributed by atoms with Crippen molar-refractivity contribution in [2.45, 2.75) is 0 Å². The molecule has 7 nitrogen and oxygen atoms in total.